The molecule has 24 heavy (non-hydrogen) atoms. The van der Waals surface area contributed by atoms with E-state index < -0.39 is 0 Å². The van der Waals surface area contributed by atoms with Crippen molar-refractivity contribution in [1.82, 2.24) is 10.2 Å². The highest BCUT2D eigenvalue weighted by Crippen LogP contribution is 2.21. The Morgan fingerprint density at radius 2 is 2.08 bits per heavy atom. The summed E-state index contributed by atoms with van der Waals surface area (Å²) in [5, 5.41) is 2.85. The standard InChI is InChI=1S/C18H20N2O4/c1-23-16-4-2-13(3-5-16)10-20-11-15(8-17(20)21)18(22)19-9-14-6-7-24-12-14/h2-7,12,15H,8-11H2,1H3,(H,19,22). The van der Waals surface area contributed by atoms with Gasteiger partial charge in [-0.05, 0) is 23.8 Å². The molecular formula is C18H20N2O4. The highest BCUT2D eigenvalue weighted by Gasteiger charge is 2.34. The maximum atomic E-state index is 12.2. The van der Waals surface area contributed by atoms with Gasteiger partial charge in [-0.2, -0.15) is 0 Å². The molecule has 1 aromatic heterocycles. The summed E-state index contributed by atoms with van der Waals surface area (Å²) in [6.45, 7) is 1.37. The lowest BCUT2D eigenvalue weighted by Crippen LogP contribution is -2.32. The van der Waals surface area contributed by atoms with Crippen LogP contribution in [-0.2, 0) is 22.7 Å². The molecular weight excluding hydrogens is 308 g/mol. The number of hydrogen-bond acceptors (Lipinski definition) is 4. The molecule has 1 N–H and O–H groups in total. The Morgan fingerprint density at radius 3 is 2.75 bits per heavy atom. The second-order valence-corrected chi connectivity index (χ2v) is 5.87. The van der Waals surface area contributed by atoms with Crippen LogP contribution in [0.1, 0.15) is 17.5 Å². The zero-order chi connectivity index (χ0) is 16.9. The number of amides is 2. The molecule has 1 aliphatic rings. The van der Waals surface area contributed by atoms with Gasteiger partial charge in [0.15, 0.2) is 0 Å². The van der Waals surface area contributed by atoms with E-state index in [0.717, 1.165) is 16.9 Å². The fourth-order valence-electron chi connectivity index (χ4n) is 2.78. The van der Waals surface area contributed by atoms with E-state index in [4.69, 9.17) is 9.15 Å². The minimum absolute atomic E-state index is 0.00859. The molecule has 0 bridgehead atoms. The summed E-state index contributed by atoms with van der Waals surface area (Å²) >= 11 is 0. The molecule has 2 heterocycles. The van der Waals surface area contributed by atoms with Crippen LogP contribution >= 0.6 is 0 Å². The lowest BCUT2D eigenvalue weighted by Gasteiger charge is -2.17. The number of carbonyl (C=O) groups excluding carboxylic acids is 2. The highest BCUT2D eigenvalue weighted by atomic mass is 16.5. The summed E-state index contributed by atoms with van der Waals surface area (Å²) in [4.78, 5) is 26.1. The molecule has 1 unspecified atom stereocenters. The summed E-state index contributed by atoms with van der Waals surface area (Å²) in [5.41, 5.74) is 1.92. The number of nitrogens with one attached hydrogen (secondary N) is 1. The van der Waals surface area contributed by atoms with Crippen molar-refractivity contribution >= 4 is 11.8 Å². The van der Waals surface area contributed by atoms with Crippen LogP contribution in [0.25, 0.3) is 0 Å². The van der Waals surface area contributed by atoms with E-state index in [1.165, 1.54) is 0 Å². The van der Waals surface area contributed by atoms with E-state index in [-0.39, 0.29) is 24.2 Å². The van der Waals surface area contributed by atoms with Crippen LogP contribution < -0.4 is 10.1 Å². The minimum Gasteiger partial charge on any atom is -0.497 e. The number of methoxy groups -OCH3 is 1. The number of furan rings is 1. The summed E-state index contributed by atoms with van der Waals surface area (Å²) in [7, 11) is 1.62. The van der Waals surface area contributed by atoms with E-state index in [1.54, 1.807) is 30.6 Å². The molecule has 2 amide bonds. The molecule has 1 fully saturated rings. The van der Waals surface area contributed by atoms with Crippen molar-refractivity contribution in [3.05, 3.63) is 54.0 Å². The van der Waals surface area contributed by atoms with Crippen LogP contribution in [0.3, 0.4) is 0 Å². The summed E-state index contributed by atoms with van der Waals surface area (Å²) < 4.78 is 10.1. The first-order valence-corrected chi connectivity index (χ1v) is 7.85. The molecule has 6 nitrogen and oxygen atoms in total. The third kappa shape index (κ3) is 3.76. The smallest absolute Gasteiger partial charge is 0.225 e. The fourth-order valence-corrected chi connectivity index (χ4v) is 2.78. The summed E-state index contributed by atoms with van der Waals surface area (Å²) in [6, 6.07) is 9.39. The number of carbonyl (C=O) groups is 2. The van der Waals surface area contributed by atoms with Gasteiger partial charge in [-0.15, -0.1) is 0 Å². The van der Waals surface area contributed by atoms with E-state index in [1.807, 2.05) is 24.3 Å². The van der Waals surface area contributed by atoms with Crippen molar-refractivity contribution in [2.45, 2.75) is 19.5 Å². The van der Waals surface area contributed by atoms with Crippen LogP contribution in [0, 0.1) is 5.92 Å². The number of benzene rings is 1. The predicted octanol–water partition coefficient (Wildman–Crippen LogP) is 1.95. The second-order valence-electron chi connectivity index (χ2n) is 5.87. The van der Waals surface area contributed by atoms with E-state index in [0.29, 0.717) is 19.6 Å². The largest absolute Gasteiger partial charge is 0.497 e. The average molecular weight is 328 g/mol. The van der Waals surface area contributed by atoms with Crippen molar-refractivity contribution < 1.29 is 18.7 Å². The molecule has 1 aromatic carbocycles. The third-order valence-electron chi connectivity index (χ3n) is 4.16. The normalized spacial score (nSPS) is 17.1. The quantitative estimate of drug-likeness (QED) is 0.880. The van der Waals surface area contributed by atoms with Crippen LogP contribution in [-0.4, -0.2) is 30.4 Å². The fraction of sp³-hybridized carbons (Fsp3) is 0.333. The Morgan fingerprint density at radius 1 is 1.29 bits per heavy atom. The third-order valence-corrected chi connectivity index (χ3v) is 4.16. The van der Waals surface area contributed by atoms with Crippen molar-refractivity contribution in [3.63, 3.8) is 0 Å². The van der Waals surface area contributed by atoms with Gasteiger partial charge in [0.1, 0.15) is 5.75 Å². The monoisotopic (exact) mass is 328 g/mol. The first-order valence-electron chi connectivity index (χ1n) is 7.85. The van der Waals surface area contributed by atoms with Gasteiger partial charge in [0.2, 0.25) is 11.8 Å². The van der Waals surface area contributed by atoms with Crippen molar-refractivity contribution in [2.24, 2.45) is 5.92 Å². The van der Waals surface area contributed by atoms with Gasteiger partial charge >= 0.3 is 0 Å². The van der Waals surface area contributed by atoms with Crippen molar-refractivity contribution in [2.75, 3.05) is 13.7 Å². The highest BCUT2D eigenvalue weighted by molar-refractivity contribution is 5.89. The number of hydrogen-bond donors (Lipinski definition) is 1. The Labute approximate surface area is 140 Å². The second kappa shape index (κ2) is 7.21. The van der Waals surface area contributed by atoms with Gasteiger partial charge in [-0.1, -0.05) is 12.1 Å². The summed E-state index contributed by atoms with van der Waals surface area (Å²) in [6.07, 6.45) is 3.42. The first-order chi connectivity index (χ1) is 11.7. The molecule has 1 saturated heterocycles. The van der Waals surface area contributed by atoms with Gasteiger partial charge in [-0.3, -0.25) is 9.59 Å². The molecule has 1 aliphatic heterocycles. The zero-order valence-electron chi connectivity index (χ0n) is 13.5. The van der Waals surface area contributed by atoms with Crippen LogP contribution in [0.5, 0.6) is 5.75 Å². The molecule has 0 aliphatic carbocycles. The van der Waals surface area contributed by atoms with Crippen molar-refractivity contribution in [1.29, 1.82) is 0 Å². The molecule has 0 spiro atoms. The number of nitrogens with zero attached hydrogens (tertiary/aromatic N) is 1. The van der Waals surface area contributed by atoms with Gasteiger partial charge < -0.3 is 19.4 Å². The Bertz CT molecular complexity index is 694. The predicted molar refractivity (Wildman–Crippen MR) is 87.1 cm³/mol. The number of rotatable bonds is 6. The zero-order valence-corrected chi connectivity index (χ0v) is 13.5. The lowest BCUT2D eigenvalue weighted by atomic mass is 10.1. The van der Waals surface area contributed by atoms with E-state index >= 15 is 0 Å². The Hall–Kier alpha value is -2.76. The van der Waals surface area contributed by atoms with Crippen LogP contribution in [0.2, 0.25) is 0 Å². The lowest BCUT2D eigenvalue weighted by molar-refractivity contribution is -0.129. The van der Waals surface area contributed by atoms with E-state index in [2.05, 4.69) is 5.32 Å². The van der Waals surface area contributed by atoms with Gasteiger partial charge in [-0.25, -0.2) is 0 Å². The number of ether oxygens (including phenoxy) is 1. The maximum Gasteiger partial charge on any atom is 0.225 e. The molecule has 2 aromatic rings. The summed E-state index contributed by atoms with van der Waals surface area (Å²) in [5.74, 6) is 0.390. The SMILES string of the molecule is COc1ccc(CN2CC(C(=O)NCc3ccoc3)CC2=O)cc1. The van der Waals surface area contributed by atoms with Crippen LogP contribution in [0.15, 0.2) is 47.3 Å². The number of likely N-dealkylation sites (tertiary alicyclic amines) is 1. The van der Waals surface area contributed by atoms with E-state index in [9.17, 15) is 9.59 Å². The topological polar surface area (TPSA) is 71.8 Å². The molecule has 1 atom stereocenters. The minimum atomic E-state index is -0.303. The molecule has 3 rings (SSSR count). The first kappa shape index (κ1) is 16.1. The van der Waals surface area contributed by atoms with Gasteiger partial charge in [0.25, 0.3) is 0 Å². The Balaban J connectivity index is 1.53. The van der Waals surface area contributed by atoms with Crippen molar-refractivity contribution in [3.8, 4) is 5.75 Å². The molecule has 0 radical (unpaired) electrons. The van der Waals surface area contributed by atoms with Gasteiger partial charge in [0, 0.05) is 31.6 Å². The molecule has 0 saturated carbocycles. The molecule has 6 heteroatoms. The maximum absolute atomic E-state index is 12.2. The molecule has 126 valence electrons. The Kier molecular flexibility index (Phi) is 4.84. The van der Waals surface area contributed by atoms with Gasteiger partial charge in [0.05, 0.1) is 25.6 Å². The van der Waals surface area contributed by atoms with Crippen LogP contribution in [0.4, 0.5) is 0 Å². The average Bonchev–Trinajstić information content (AvgIpc) is 3.24.